The maximum absolute atomic E-state index is 13.4. The molecular formula is C21H29N5O2. The Morgan fingerprint density at radius 2 is 1.89 bits per heavy atom. The molecule has 7 heteroatoms. The average Bonchev–Trinajstić information content (AvgIpc) is 2.75. The number of aromatic nitrogens is 2. The van der Waals surface area contributed by atoms with Crippen molar-refractivity contribution >= 4 is 17.8 Å². The van der Waals surface area contributed by atoms with Crippen molar-refractivity contribution in [1.29, 1.82) is 0 Å². The molecule has 2 amide bonds. The number of carbonyl (C=O) groups excluding carboxylic acids is 2. The van der Waals surface area contributed by atoms with Crippen LogP contribution in [0.15, 0.2) is 18.5 Å². The molecule has 4 aliphatic rings. The molecule has 0 aromatic carbocycles. The van der Waals surface area contributed by atoms with E-state index in [0.717, 1.165) is 57.8 Å². The van der Waals surface area contributed by atoms with E-state index < -0.39 is 0 Å². The molecule has 4 atom stereocenters. The summed E-state index contributed by atoms with van der Waals surface area (Å²) in [4.78, 5) is 40.8. The fourth-order valence-electron chi connectivity index (χ4n) is 5.86. The summed E-state index contributed by atoms with van der Waals surface area (Å²) in [6.45, 7) is 4.10. The number of likely N-dealkylation sites (tertiary alicyclic amines) is 1. The van der Waals surface area contributed by atoms with Gasteiger partial charge in [-0.3, -0.25) is 9.59 Å². The SMILES string of the molecule is O=C([C@H]1CCCN(c2ncccn2)C1)N1C[C@H]2C[C@@H](C1)[C@H]1CCCC(=O)N1C2. The van der Waals surface area contributed by atoms with Gasteiger partial charge in [0.15, 0.2) is 0 Å². The molecular weight excluding hydrogens is 354 g/mol. The molecule has 0 radical (unpaired) electrons. The van der Waals surface area contributed by atoms with Gasteiger partial charge in [-0.05, 0) is 50.0 Å². The summed E-state index contributed by atoms with van der Waals surface area (Å²) in [7, 11) is 0. The van der Waals surface area contributed by atoms with E-state index >= 15 is 0 Å². The van der Waals surface area contributed by atoms with E-state index in [1.165, 1.54) is 6.42 Å². The second kappa shape index (κ2) is 7.33. The van der Waals surface area contributed by atoms with Gasteiger partial charge in [0.05, 0.1) is 5.92 Å². The maximum Gasteiger partial charge on any atom is 0.227 e. The van der Waals surface area contributed by atoms with Crippen molar-refractivity contribution in [3.05, 3.63) is 18.5 Å². The number of piperidine rings is 4. The molecule has 5 heterocycles. The average molecular weight is 383 g/mol. The molecule has 0 N–H and O–H groups in total. The van der Waals surface area contributed by atoms with Crippen LogP contribution in [-0.4, -0.2) is 70.3 Å². The summed E-state index contributed by atoms with van der Waals surface area (Å²) < 4.78 is 0. The van der Waals surface area contributed by atoms with Crippen molar-refractivity contribution in [2.24, 2.45) is 17.8 Å². The fraction of sp³-hybridized carbons (Fsp3) is 0.714. The minimum atomic E-state index is 0.0282. The standard InChI is InChI=1S/C21H29N5O2/c27-19-6-1-5-18-17-10-15(12-26(18)19)11-25(14-17)20(28)16-4-2-9-24(13-16)21-22-7-3-8-23-21/h3,7-8,15-18H,1-2,4-6,9-14H2/t15-,16+,17+,18-/m1/s1. The first-order chi connectivity index (χ1) is 13.7. The van der Waals surface area contributed by atoms with Crippen molar-refractivity contribution < 1.29 is 9.59 Å². The van der Waals surface area contributed by atoms with Gasteiger partial charge in [0.25, 0.3) is 0 Å². The van der Waals surface area contributed by atoms with Gasteiger partial charge in [-0.1, -0.05) is 0 Å². The van der Waals surface area contributed by atoms with Crippen LogP contribution >= 0.6 is 0 Å². The van der Waals surface area contributed by atoms with E-state index in [2.05, 4.69) is 24.7 Å². The highest BCUT2D eigenvalue weighted by Crippen LogP contribution is 2.38. The molecule has 5 rings (SSSR count). The summed E-state index contributed by atoms with van der Waals surface area (Å²) in [5.74, 6) is 2.28. The quantitative estimate of drug-likeness (QED) is 0.775. The number of carbonyl (C=O) groups is 2. The smallest absolute Gasteiger partial charge is 0.227 e. The van der Waals surface area contributed by atoms with E-state index in [0.29, 0.717) is 42.7 Å². The first-order valence-corrected chi connectivity index (χ1v) is 10.8. The Balaban J connectivity index is 1.27. The molecule has 0 aliphatic carbocycles. The van der Waals surface area contributed by atoms with Crippen LogP contribution in [0.2, 0.25) is 0 Å². The van der Waals surface area contributed by atoms with E-state index in [4.69, 9.17) is 0 Å². The van der Waals surface area contributed by atoms with Gasteiger partial charge in [0.1, 0.15) is 0 Å². The molecule has 4 fully saturated rings. The number of rotatable bonds is 2. The Morgan fingerprint density at radius 3 is 2.75 bits per heavy atom. The fourth-order valence-corrected chi connectivity index (χ4v) is 5.86. The van der Waals surface area contributed by atoms with Crippen molar-refractivity contribution in [3.8, 4) is 0 Å². The number of hydrogen-bond donors (Lipinski definition) is 0. The van der Waals surface area contributed by atoms with E-state index in [1.807, 2.05) is 6.07 Å². The first-order valence-electron chi connectivity index (χ1n) is 10.8. The van der Waals surface area contributed by atoms with E-state index in [1.54, 1.807) is 12.4 Å². The van der Waals surface area contributed by atoms with Crippen molar-refractivity contribution in [1.82, 2.24) is 19.8 Å². The second-order valence-electron chi connectivity index (χ2n) is 8.94. The first kappa shape index (κ1) is 17.9. The molecule has 1 aromatic rings. The molecule has 7 nitrogen and oxygen atoms in total. The zero-order chi connectivity index (χ0) is 19.1. The van der Waals surface area contributed by atoms with Gasteiger partial charge >= 0.3 is 0 Å². The van der Waals surface area contributed by atoms with Crippen LogP contribution in [0.5, 0.6) is 0 Å². The molecule has 1 aromatic heterocycles. The normalized spacial score (nSPS) is 32.9. The number of anilines is 1. The maximum atomic E-state index is 13.4. The summed E-state index contributed by atoms with van der Waals surface area (Å²) in [5.41, 5.74) is 0. The van der Waals surface area contributed by atoms with Crippen LogP contribution in [0.25, 0.3) is 0 Å². The Kier molecular flexibility index (Phi) is 4.69. The summed E-state index contributed by atoms with van der Waals surface area (Å²) >= 11 is 0. The molecule has 2 bridgehead atoms. The lowest BCUT2D eigenvalue weighted by molar-refractivity contribution is -0.150. The predicted octanol–water partition coefficient (Wildman–Crippen LogP) is 1.55. The Morgan fingerprint density at radius 1 is 1.04 bits per heavy atom. The monoisotopic (exact) mass is 383 g/mol. The molecule has 150 valence electrons. The largest absolute Gasteiger partial charge is 0.342 e. The molecule has 0 unspecified atom stereocenters. The third-order valence-corrected chi connectivity index (χ3v) is 7.10. The van der Waals surface area contributed by atoms with Gasteiger partial charge in [-0.25, -0.2) is 9.97 Å². The van der Waals surface area contributed by atoms with Crippen molar-refractivity contribution in [2.45, 2.75) is 44.6 Å². The van der Waals surface area contributed by atoms with Crippen LogP contribution in [0, 0.1) is 17.8 Å². The number of hydrogen-bond acceptors (Lipinski definition) is 5. The lowest BCUT2D eigenvalue weighted by atomic mass is 9.75. The molecule has 0 spiro atoms. The number of fused-ring (bicyclic) bond motifs is 4. The van der Waals surface area contributed by atoms with Crippen molar-refractivity contribution in [2.75, 3.05) is 37.6 Å². The van der Waals surface area contributed by atoms with Gasteiger partial charge < -0.3 is 14.7 Å². The molecule has 4 saturated heterocycles. The lowest BCUT2D eigenvalue weighted by Gasteiger charge is -2.53. The van der Waals surface area contributed by atoms with Crippen LogP contribution in [0.1, 0.15) is 38.5 Å². The molecule has 0 saturated carbocycles. The third-order valence-electron chi connectivity index (χ3n) is 7.10. The zero-order valence-corrected chi connectivity index (χ0v) is 16.4. The molecule has 4 aliphatic heterocycles. The van der Waals surface area contributed by atoms with Gasteiger partial charge in [-0.2, -0.15) is 0 Å². The predicted molar refractivity (Wildman–Crippen MR) is 104 cm³/mol. The number of amides is 2. The minimum Gasteiger partial charge on any atom is -0.342 e. The van der Waals surface area contributed by atoms with Crippen LogP contribution in [0.4, 0.5) is 5.95 Å². The molecule has 28 heavy (non-hydrogen) atoms. The van der Waals surface area contributed by atoms with Gasteiger partial charge in [0, 0.05) is 57.6 Å². The van der Waals surface area contributed by atoms with E-state index in [-0.39, 0.29) is 5.92 Å². The van der Waals surface area contributed by atoms with Crippen LogP contribution < -0.4 is 4.90 Å². The van der Waals surface area contributed by atoms with Gasteiger partial charge in [-0.15, -0.1) is 0 Å². The highest BCUT2D eigenvalue weighted by atomic mass is 16.2. The summed E-state index contributed by atoms with van der Waals surface area (Å²) in [6, 6.07) is 2.18. The topological polar surface area (TPSA) is 69.6 Å². The lowest BCUT2D eigenvalue weighted by Crippen LogP contribution is -2.62. The highest BCUT2D eigenvalue weighted by molar-refractivity contribution is 5.80. The van der Waals surface area contributed by atoms with Gasteiger partial charge in [0.2, 0.25) is 17.8 Å². The highest BCUT2D eigenvalue weighted by Gasteiger charge is 2.45. The third kappa shape index (κ3) is 3.25. The summed E-state index contributed by atoms with van der Waals surface area (Å²) in [6.07, 6.45) is 9.46. The zero-order valence-electron chi connectivity index (χ0n) is 16.4. The minimum absolute atomic E-state index is 0.0282. The van der Waals surface area contributed by atoms with Crippen LogP contribution in [0.3, 0.4) is 0 Å². The van der Waals surface area contributed by atoms with Crippen molar-refractivity contribution in [3.63, 3.8) is 0 Å². The second-order valence-corrected chi connectivity index (χ2v) is 8.94. The Labute approximate surface area is 166 Å². The van der Waals surface area contributed by atoms with Crippen LogP contribution in [-0.2, 0) is 9.59 Å². The Bertz CT molecular complexity index is 742. The Hall–Kier alpha value is -2.18. The summed E-state index contributed by atoms with van der Waals surface area (Å²) in [5, 5.41) is 0. The number of nitrogens with zero attached hydrogens (tertiary/aromatic N) is 5. The van der Waals surface area contributed by atoms with E-state index in [9.17, 15) is 9.59 Å².